The molecule has 1 unspecified atom stereocenters. The van der Waals surface area contributed by atoms with Crippen LogP contribution in [-0.4, -0.2) is 38.8 Å². The van der Waals surface area contributed by atoms with Crippen molar-refractivity contribution in [2.75, 3.05) is 34.3 Å². The molecule has 0 amide bonds. The lowest BCUT2D eigenvalue weighted by atomic mass is 10.5. The number of halogens is 1. The molecule has 0 aliphatic carbocycles. The molecule has 4 nitrogen and oxygen atoms in total. The second-order valence-corrected chi connectivity index (χ2v) is 5.64. The summed E-state index contributed by atoms with van der Waals surface area (Å²) in [7, 11) is 5.81. The first-order valence-electron chi connectivity index (χ1n) is 3.16. The molecule has 0 saturated heterocycles. The molecule has 0 rings (SSSR count). The third kappa shape index (κ3) is 10.4. The predicted molar refractivity (Wildman–Crippen MR) is 42.3 cm³/mol. The summed E-state index contributed by atoms with van der Waals surface area (Å²) in [6.07, 6.45) is 0. The van der Waals surface area contributed by atoms with Crippen LogP contribution in [0.2, 0.25) is 0 Å². The Labute approximate surface area is 71.6 Å². The maximum absolute atomic E-state index is 10.3. The third-order valence-electron chi connectivity index (χ3n) is 1.01. The number of nitrogens with zero attached hydrogens (tertiary/aromatic N) is 1. The van der Waals surface area contributed by atoms with E-state index in [1.807, 2.05) is 21.1 Å². The van der Waals surface area contributed by atoms with E-state index in [-0.39, 0.29) is 6.61 Å². The summed E-state index contributed by atoms with van der Waals surface area (Å²) in [5, 5.41) is 0. The fraction of sp³-hybridized carbons (Fsp3) is 1.00. The van der Waals surface area contributed by atoms with Gasteiger partial charge in [-0.1, -0.05) is 0 Å². The van der Waals surface area contributed by atoms with Crippen molar-refractivity contribution in [1.82, 2.24) is 0 Å². The van der Waals surface area contributed by atoms with E-state index in [0.717, 1.165) is 0 Å². The molecule has 0 aromatic carbocycles. The molecule has 0 heterocycles. The van der Waals surface area contributed by atoms with Crippen LogP contribution in [-0.2, 0) is 9.09 Å². The molecule has 68 valence electrons. The van der Waals surface area contributed by atoms with Gasteiger partial charge in [-0.15, -0.1) is 0 Å². The van der Waals surface area contributed by atoms with Gasteiger partial charge in [-0.2, -0.15) is 0 Å². The molecule has 0 aliphatic rings. The van der Waals surface area contributed by atoms with Gasteiger partial charge in [0.2, 0.25) is 6.95 Å². The molecule has 0 radical (unpaired) electrons. The fourth-order valence-electron chi connectivity index (χ4n) is 0.424. The first-order valence-corrected chi connectivity index (χ1v) is 5.61. The third-order valence-corrected chi connectivity index (χ3v) is 1.79. The van der Waals surface area contributed by atoms with Gasteiger partial charge < -0.3 is 13.9 Å². The summed E-state index contributed by atoms with van der Waals surface area (Å²) < 4.78 is 15.3. The van der Waals surface area contributed by atoms with Crippen LogP contribution in [0.15, 0.2) is 0 Å². The van der Waals surface area contributed by atoms with Gasteiger partial charge in [0.25, 0.3) is 0 Å². The van der Waals surface area contributed by atoms with Gasteiger partial charge in [-0.05, 0) is 11.2 Å². The van der Waals surface area contributed by atoms with E-state index in [4.69, 9.17) is 11.2 Å². The van der Waals surface area contributed by atoms with E-state index in [2.05, 4.69) is 4.52 Å². The van der Waals surface area contributed by atoms with Crippen LogP contribution >= 0.6 is 18.2 Å². The van der Waals surface area contributed by atoms with Crippen molar-refractivity contribution >= 4 is 18.2 Å². The van der Waals surface area contributed by atoms with Crippen molar-refractivity contribution in [3.05, 3.63) is 0 Å². The monoisotopic (exact) mass is 201 g/mol. The van der Waals surface area contributed by atoms with E-state index in [0.29, 0.717) is 11.0 Å². The topological polar surface area (TPSA) is 49.4 Å². The summed E-state index contributed by atoms with van der Waals surface area (Å²) >= 11 is 4.83. The standard InChI is InChI=1S/C5H13ClNO3P/c1-7(2,3)4-5-10-11(6,8)9/h4-5H2,1-3H3. The summed E-state index contributed by atoms with van der Waals surface area (Å²) in [5.41, 5.74) is 0. The van der Waals surface area contributed by atoms with Gasteiger partial charge in [0, 0.05) is 0 Å². The number of hydrogen-bond acceptors (Lipinski definition) is 3. The van der Waals surface area contributed by atoms with Gasteiger partial charge in [0.05, 0.1) is 21.1 Å². The summed E-state index contributed by atoms with van der Waals surface area (Å²) in [6.45, 7) is -3.30. The lowest BCUT2D eigenvalue weighted by Gasteiger charge is -2.24. The zero-order valence-corrected chi connectivity index (χ0v) is 8.56. The van der Waals surface area contributed by atoms with E-state index in [1.165, 1.54) is 0 Å². The predicted octanol–water partition coefficient (Wildman–Crippen LogP) is 0.416. The minimum absolute atomic E-state index is 0.133. The van der Waals surface area contributed by atoms with Gasteiger partial charge in [-0.25, -0.2) is 0 Å². The molecule has 11 heavy (non-hydrogen) atoms. The van der Waals surface area contributed by atoms with Crippen molar-refractivity contribution in [2.24, 2.45) is 0 Å². The maximum Gasteiger partial charge on any atom is 0.225 e. The summed E-state index contributed by atoms with van der Waals surface area (Å²) in [4.78, 5) is 10.3. The van der Waals surface area contributed by atoms with Crippen LogP contribution in [0.4, 0.5) is 0 Å². The second-order valence-electron chi connectivity index (χ2n) is 3.28. The minimum atomic E-state index is -4.04. The molecule has 6 heteroatoms. The molecule has 0 fully saturated rings. The second kappa shape index (κ2) is 3.87. The highest BCUT2D eigenvalue weighted by Crippen LogP contribution is 2.42. The average molecular weight is 202 g/mol. The van der Waals surface area contributed by atoms with E-state index in [9.17, 15) is 9.46 Å². The smallest absolute Gasteiger partial charge is 0.225 e. The Morgan fingerprint density at radius 2 is 2.00 bits per heavy atom. The fourth-order valence-corrected chi connectivity index (χ4v) is 0.930. The van der Waals surface area contributed by atoms with Crippen LogP contribution < -0.4 is 4.89 Å². The van der Waals surface area contributed by atoms with Crippen molar-refractivity contribution < 1.29 is 18.5 Å². The number of likely N-dealkylation sites (N-methyl/N-ethyl adjacent to an activating group) is 1. The largest absolute Gasteiger partial charge is 0.766 e. The van der Waals surface area contributed by atoms with E-state index >= 15 is 0 Å². The molecule has 0 aliphatic heterocycles. The molecule has 1 atom stereocenters. The van der Waals surface area contributed by atoms with Crippen molar-refractivity contribution in [3.8, 4) is 0 Å². The van der Waals surface area contributed by atoms with Gasteiger partial charge in [0.15, 0.2) is 0 Å². The minimum Gasteiger partial charge on any atom is -0.766 e. The highest BCUT2D eigenvalue weighted by Gasteiger charge is 2.09. The molecular formula is C5H13ClNO3P. The van der Waals surface area contributed by atoms with Crippen LogP contribution in [0.3, 0.4) is 0 Å². The number of hydrogen-bond donors (Lipinski definition) is 0. The van der Waals surface area contributed by atoms with Crippen LogP contribution in [0.25, 0.3) is 0 Å². The molecule has 0 spiro atoms. The first kappa shape index (κ1) is 11.4. The van der Waals surface area contributed by atoms with Crippen molar-refractivity contribution in [3.63, 3.8) is 0 Å². The Morgan fingerprint density at radius 1 is 1.55 bits per heavy atom. The summed E-state index contributed by atoms with van der Waals surface area (Å²) in [6, 6.07) is 0. The molecule has 0 aromatic heterocycles. The Kier molecular flexibility index (Phi) is 4.02. The van der Waals surface area contributed by atoms with Gasteiger partial charge in [-0.3, -0.25) is 4.57 Å². The molecule has 0 saturated carbocycles. The van der Waals surface area contributed by atoms with Crippen LogP contribution in [0.5, 0.6) is 0 Å². The van der Waals surface area contributed by atoms with E-state index < -0.39 is 6.95 Å². The number of quaternary nitrogens is 1. The van der Waals surface area contributed by atoms with Gasteiger partial charge in [0.1, 0.15) is 13.2 Å². The lowest BCUT2D eigenvalue weighted by Crippen LogP contribution is -2.37. The maximum atomic E-state index is 10.3. The van der Waals surface area contributed by atoms with Crippen LogP contribution in [0.1, 0.15) is 0 Å². The zero-order valence-electron chi connectivity index (χ0n) is 6.91. The highest BCUT2D eigenvalue weighted by molar-refractivity contribution is 7.79. The summed E-state index contributed by atoms with van der Waals surface area (Å²) in [5.74, 6) is 0. The van der Waals surface area contributed by atoms with E-state index in [1.54, 1.807) is 0 Å². The zero-order chi connectivity index (χ0) is 9.12. The van der Waals surface area contributed by atoms with Gasteiger partial charge >= 0.3 is 0 Å². The average Bonchev–Trinajstić information content (AvgIpc) is 1.55. The Hall–Kier alpha value is 0.400. The Morgan fingerprint density at radius 3 is 2.27 bits per heavy atom. The molecule has 0 bridgehead atoms. The lowest BCUT2D eigenvalue weighted by molar-refractivity contribution is -0.870. The molecule has 0 aromatic rings. The molecular weight excluding hydrogens is 188 g/mol. The van der Waals surface area contributed by atoms with Crippen molar-refractivity contribution in [2.45, 2.75) is 0 Å². The highest BCUT2D eigenvalue weighted by atomic mass is 35.7. The first-order chi connectivity index (χ1) is 4.71. The van der Waals surface area contributed by atoms with Crippen LogP contribution in [0, 0.1) is 0 Å². The number of rotatable bonds is 4. The Balaban J connectivity index is 3.52. The molecule has 0 N–H and O–H groups in total. The van der Waals surface area contributed by atoms with Crippen molar-refractivity contribution in [1.29, 1.82) is 0 Å². The Bertz CT molecular complexity index is 162. The normalized spacial score (nSPS) is 17.9. The SMILES string of the molecule is C[N+](C)(C)CCOP(=O)([O-])Cl. The quantitative estimate of drug-likeness (QED) is 0.489.